The van der Waals surface area contributed by atoms with Gasteiger partial charge >= 0.3 is 6.09 Å². The molecule has 14 heteroatoms. The van der Waals surface area contributed by atoms with Gasteiger partial charge in [0.1, 0.15) is 24.3 Å². The average molecular weight is 730 g/mol. The fraction of sp³-hybridized carbons (Fsp3) is 0.649. The van der Waals surface area contributed by atoms with E-state index in [-0.39, 0.29) is 56.9 Å². The highest BCUT2D eigenvalue weighted by Crippen LogP contribution is 2.29. The number of aliphatic hydroxyl groups excluding tert-OH is 1. The number of likely N-dealkylation sites (tertiary alicyclic amines) is 2. The highest BCUT2D eigenvalue weighted by molar-refractivity contribution is 7.13. The lowest BCUT2D eigenvalue weighted by molar-refractivity contribution is -0.144. The van der Waals surface area contributed by atoms with E-state index in [0.717, 1.165) is 21.7 Å². The lowest BCUT2D eigenvalue weighted by Gasteiger charge is -2.35. The van der Waals surface area contributed by atoms with Gasteiger partial charge in [0, 0.05) is 26.1 Å². The Morgan fingerprint density at radius 2 is 1.69 bits per heavy atom. The molecule has 2 aliphatic heterocycles. The number of rotatable bonds is 12. The van der Waals surface area contributed by atoms with Crippen molar-refractivity contribution in [3.05, 3.63) is 41.0 Å². The molecule has 4 amide bonds. The van der Waals surface area contributed by atoms with Gasteiger partial charge in [0.15, 0.2) is 0 Å². The molecular formula is C37H55N5O8S. The second-order valence-corrected chi connectivity index (χ2v) is 16.3. The molecule has 0 unspecified atom stereocenters. The van der Waals surface area contributed by atoms with Crippen molar-refractivity contribution in [2.45, 2.75) is 111 Å². The standard InChI is InChI=1S/C37H55N5O8S/c1-23(25-9-11-26(12-10-25)31-24(2)38-22-51-31)39-33(45)29-19-27(43)20-42(29)34(46)32(36(3,4)5)40-30(44)21-48-17-18-49-28-13-15-41(16-14-28)35(47)50-37(6,7)8/h9-12,22-23,27-29,32,43H,13-21H2,1-8H3,(H,39,45)(H,40,44)/t23-,27+,29-,32+/m0/s1. The largest absolute Gasteiger partial charge is 0.444 e. The first-order valence-electron chi connectivity index (χ1n) is 17.7. The number of hydrogen-bond acceptors (Lipinski definition) is 10. The zero-order valence-electron chi connectivity index (χ0n) is 31.2. The third-order valence-electron chi connectivity index (χ3n) is 8.97. The number of carbonyl (C=O) groups excluding carboxylic acids is 4. The summed E-state index contributed by atoms with van der Waals surface area (Å²) in [6.45, 7) is 16.1. The third-order valence-corrected chi connectivity index (χ3v) is 9.95. The first kappa shape index (κ1) is 40.2. The zero-order chi connectivity index (χ0) is 37.5. The van der Waals surface area contributed by atoms with Crippen molar-refractivity contribution in [2.75, 3.05) is 39.5 Å². The monoisotopic (exact) mass is 729 g/mol. The van der Waals surface area contributed by atoms with Crippen molar-refractivity contribution in [3.63, 3.8) is 0 Å². The molecule has 2 fully saturated rings. The maximum atomic E-state index is 13.9. The Balaban J connectivity index is 1.24. The number of piperidine rings is 1. The van der Waals surface area contributed by atoms with E-state index in [0.29, 0.717) is 25.9 Å². The number of carbonyl (C=O) groups is 4. The Kier molecular flexibility index (Phi) is 13.6. The van der Waals surface area contributed by atoms with E-state index in [4.69, 9.17) is 14.2 Å². The second-order valence-electron chi connectivity index (χ2n) is 15.5. The van der Waals surface area contributed by atoms with E-state index in [2.05, 4.69) is 15.6 Å². The predicted octanol–water partition coefficient (Wildman–Crippen LogP) is 4.22. The fourth-order valence-electron chi connectivity index (χ4n) is 6.19. The van der Waals surface area contributed by atoms with Crippen LogP contribution in [0.25, 0.3) is 10.4 Å². The van der Waals surface area contributed by atoms with Gasteiger partial charge in [-0.25, -0.2) is 9.78 Å². The molecule has 1 aromatic heterocycles. The number of aliphatic hydroxyl groups is 1. The Morgan fingerprint density at radius 3 is 2.27 bits per heavy atom. The van der Waals surface area contributed by atoms with Crippen LogP contribution < -0.4 is 10.6 Å². The molecule has 282 valence electrons. The molecule has 3 heterocycles. The van der Waals surface area contributed by atoms with Gasteiger partial charge in [0.05, 0.1) is 47.5 Å². The van der Waals surface area contributed by atoms with Crippen LogP contribution in [-0.2, 0) is 28.6 Å². The van der Waals surface area contributed by atoms with E-state index < -0.39 is 41.0 Å². The van der Waals surface area contributed by atoms with Crippen molar-refractivity contribution in [1.82, 2.24) is 25.4 Å². The van der Waals surface area contributed by atoms with E-state index in [9.17, 15) is 24.3 Å². The molecule has 51 heavy (non-hydrogen) atoms. The summed E-state index contributed by atoms with van der Waals surface area (Å²) in [4.78, 5) is 61.2. The topological polar surface area (TPSA) is 160 Å². The van der Waals surface area contributed by atoms with Crippen LogP contribution in [0.15, 0.2) is 29.8 Å². The number of hydrogen-bond donors (Lipinski definition) is 3. The summed E-state index contributed by atoms with van der Waals surface area (Å²) in [6.07, 6.45) is 0.246. The molecule has 1 aromatic carbocycles. The molecule has 2 saturated heterocycles. The van der Waals surface area contributed by atoms with Crippen molar-refractivity contribution >= 4 is 35.2 Å². The van der Waals surface area contributed by atoms with Crippen LogP contribution >= 0.6 is 11.3 Å². The van der Waals surface area contributed by atoms with Crippen LogP contribution in [0.2, 0.25) is 0 Å². The van der Waals surface area contributed by atoms with E-state index in [1.807, 2.05) is 85.2 Å². The summed E-state index contributed by atoms with van der Waals surface area (Å²) in [5.41, 5.74) is 3.50. The Morgan fingerprint density at radius 1 is 1.02 bits per heavy atom. The maximum Gasteiger partial charge on any atom is 0.410 e. The van der Waals surface area contributed by atoms with Crippen molar-refractivity contribution in [2.24, 2.45) is 5.41 Å². The van der Waals surface area contributed by atoms with Crippen LogP contribution in [-0.4, -0.2) is 113 Å². The summed E-state index contributed by atoms with van der Waals surface area (Å²) in [6, 6.07) is 5.74. The summed E-state index contributed by atoms with van der Waals surface area (Å²) in [5.74, 6) is -1.28. The van der Waals surface area contributed by atoms with Crippen molar-refractivity contribution < 1.29 is 38.5 Å². The molecule has 4 atom stereocenters. The molecule has 0 aliphatic carbocycles. The SMILES string of the molecule is Cc1ncsc1-c1ccc([C@H](C)NC(=O)[C@@H]2C[C@@H](O)CN2C(=O)[C@@H](NC(=O)COCCOC2CCN(C(=O)OC(C)(C)C)CC2)C(C)(C)C)cc1. The second kappa shape index (κ2) is 17.3. The highest BCUT2D eigenvalue weighted by Gasteiger charge is 2.44. The molecular weight excluding hydrogens is 675 g/mol. The summed E-state index contributed by atoms with van der Waals surface area (Å²) < 4.78 is 16.9. The van der Waals surface area contributed by atoms with Gasteiger partial charge in [-0.1, -0.05) is 45.0 Å². The number of amides is 4. The summed E-state index contributed by atoms with van der Waals surface area (Å²) >= 11 is 1.57. The Labute approximate surface area is 305 Å². The summed E-state index contributed by atoms with van der Waals surface area (Å²) in [7, 11) is 0. The number of aromatic nitrogens is 1. The number of aryl methyl sites for hydroxylation is 1. The van der Waals surface area contributed by atoms with E-state index in [1.165, 1.54) is 4.90 Å². The van der Waals surface area contributed by atoms with Crippen molar-refractivity contribution in [3.8, 4) is 10.4 Å². The van der Waals surface area contributed by atoms with Gasteiger partial charge in [-0.05, 0) is 64.0 Å². The molecule has 4 rings (SSSR count). The molecule has 0 bridgehead atoms. The average Bonchev–Trinajstić information content (AvgIpc) is 3.67. The van der Waals surface area contributed by atoms with E-state index >= 15 is 0 Å². The van der Waals surface area contributed by atoms with Crippen LogP contribution in [0.4, 0.5) is 4.79 Å². The van der Waals surface area contributed by atoms with Gasteiger partial charge in [-0.2, -0.15) is 0 Å². The molecule has 0 spiro atoms. The van der Waals surface area contributed by atoms with Crippen LogP contribution in [0.1, 0.15) is 85.0 Å². The first-order chi connectivity index (χ1) is 23.9. The molecule has 0 saturated carbocycles. The molecule has 0 radical (unpaired) electrons. The van der Waals surface area contributed by atoms with Crippen LogP contribution in [0.5, 0.6) is 0 Å². The number of nitrogens with one attached hydrogen (secondary N) is 2. The van der Waals surface area contributed by atoms with Gasteiger partial charge in [0.2, 0.25) is 17.7 Å². The lowest BCUT2D eigenvalue weighted by atomic mass is 9.85. The smallest absolute Gasteiger partial charge is 0.410 e. The number of nitrogens with zero attached hydrogens (tertiary/aromatic N) is 3. The van der Waals surface area contributed by atoms with Gasteiger partial charge in [0.25, 0.3) is 0 Å². The van der Waals surface area contributed by atoms with Crippen LogP contribution in [0, 0.1) is 12.3 Å². The third kappa shape index (κ3) is 11.4. The van der Waals surface area contributed by atoms with Crippen molar-refractivity contribution in [1.29, 1.82) is 0 Å². The normalized spacial score (nSPS) is 19.8. The van der Waals surface area contributed by atoms with E-state index in [1.54, 1.807) is 16.2 Å². The minimum absolute atomic E-state index is 0.0127. The molecule has 3 N–H and O–H groups in total. The maximum absolute atomic E-state index is 13.9. The van der Waals surface area contributed by atoms with Gasteiger partial charge in [-0.15, -0.1) is 11.3 Å². The quantitative estimate of drug-likeness (QED) is 0.272. The van der Waals surface area contributed by atoms with Gasteiger partial charge in [-0.3, -0.25) is 14.4 Å². The summed E-state index contributed by atoms with van der Waals surface area (Å²) in [5, 5.41) is 16.4. The number of thiazole rings is 1. The molecule has 2 aromatic rings. The number of benzene rings is 1. The number of β-amino-alcohol motifs (C(OH)–C–C–N with tert-alkyl or cyclic N) is 1. The fourth-order valence-corrected chi connectivity index (χ4v) is 7.00. The van der Waals surface area contributed by atoms with Crippen LogP contribution in [0.3, 0.4) is 0 Å². The molecule has 13 nitrogen and oxygen atoms in total. The predicted molar refractivity (Wildman–Crippen MR) is 194 cm³/mol. The minimum atomic E-state index is -0.958. The Bertz CT molecular complexity index is 1490. The lowest BCUT2D eigenvalue weighted by Crippen LogP contribution is -2.58. The number of ether oxygens (including phenoxy) is 3. The molecule has 2 aliphatic rings. The Hall–Kier alpha value is -3.59. The first-order valence-corrected chi connectivity index (χ1v) is 18.6. The highest BCUT2D eigenvalue weighted by atomic mass is 32.1. The van der Waals surface area contributed by atoms with Gasteiger partial charge < -0.3 is 39.8 Å². The zero-order valence-corrected chi connectivity index (χ0v) is 32.0. The minimum Gasteiger partial charge on any atom is -0.444 e.